The number of aliphatic hydroxyl groups is 2. The molecule has 0 radical (unpaired) electrons. The minimum absolute atomic E-state index is 0.0349. The van der Waals surface area contributed by atoms with Crippen LogP contribution in [0.2, 0.25) is 0 Å². The van der Waals surface area contributed by atoms with Crippen molar-refractivity contribution in [3.8, 4) is 0 Å². The molecule has 0 amide bonds. The summed E-state index contributed by atoms with van der Waals surface area (Å²) in [6.45, 7) is 3.77. The van der Waals surface area contributed by atoms with Gasteiger partial charge in [0.2, 0.25) is 6.08 Å². The SMILES string of the molecule is CCCC(C)CC(O)C(O)(N=C=O)C(=O)O. The number of carbonyl (C=O) groups excluding carboxylic acids is 1. The second-order valence-electron chi connectivity index (χ2n) is 3.88. The van der Waals surface area contributed by atoms with Gasteiger partial charge in [0, 0.05) is 0 Å². The zero-order chi connectivity index (χ0) is 12.8. The van der Waals surface area contributed by atoms with Crippen molar-refractivity contribution in [3.05, 3.63) is 0 Å². The van der Waals surface area contributed by atoms with Gasteiger partial charge in [-0.3, -0.25) is 0 Å². The fraction of sp³-hybridized carbons (Fsp3) is 0.800. The van der Waals surface area contributed by atoms with Crippen LogP contribution in [0.1, 0.15) is 33.1 Å². The monoisotopic (exact) mass is 231 g/mol. The summed E-state index contributed by atoms with van der Waals surface area (Å²) < 4.78 is 0. The van der Waals surface area contributed by atoms with Crippen LogP contribution < -0.4 is 0 Å². The number of nitrogens with zero attached hydrogens (tertiary/aromatic N) is 1. The van der Waals surface area contributed by atoms with E-state index in [-0.39, 0.29) is 12.3 Å². The van der Waals surface area contributed by atoms with Gasteiger partial charge in [0.1, 0.15) is 6.10 Å². The first-order valence-electron chi connectivity index (χ1n) is 5.11. The van der Waals surface area contributed by atoms with Crippen molar-refractivity contribution in [1.82, 2.24) is 0 Å². The second kappa shape index (κ2) is 6.37. The number of aliphatic carboxylic acids is 1. The van der Waals surface area contributed by atoms with Crippen molar-refractivity contribution in [1.29, 1.82) is 0 Å². The Hall–Kier alpha value is -1.23. The number of rotatable bonds is 7. The summed E-state index contributed by atoms with van der Waals surface area (Å²) in [5.74, 6) is -1.72. The van der Waals surface area contributed by atoms with Gasteiger partial charge in [-0.25, -0.2) is 9.59 Å². The number of aliphatic imine (C=N–C) groups is 1. The number of carboxylic acids is 1. The molecule has 0 saturated heterocycles. The molecule has 92 valence electrons. The normalized spacial score (nSPS) is 18.0. The van der Waals surface area contributed by atoms with Gasteiger partial charge in [-0.1, -0.05) is 26.7 Å². The first kappa shape index (κ1) is 14.8. The summed E-state index contributed by atoms with van der Waals surface area (Å²) in [6.07, 6.45) is 1.07. The lowest BCUT2D eigenvalue weighted by molar-refractivity contribution is -0.171. The van der Waals surface area contributed by atoms with Crippen molar-refractivity contribution in [2.24, 2.45) is 10.9 Å². The molecule has 0 bridgehead atoms. The molecule has 16 heavy (non-hydrogen) atoms. The third-order valence-electron chi connectivity index (χ3n) is 2.40. The van der Waals surface area contributed by atoms with Gasteiger partial charge in [-0.2, -0.15) is 4.99 Å². The van der Waals surface area contributed by atoms with Crippen LogP contribution in [0.25, 0.3) is 0 Å². The number of carbonyl (C=O) groups is 1. The molecule has 0 aromatic carbocycles. The number of isocyanates is 1. The summed E-state index contributed by atoms with van der Waals surface area (Å²) in [6, 6.07) is 0. The number of carboxylic acid groups (broad SMARTS) is 1. The molecule has 6 nitrogen and oxygen atoms in total. The van der Waals surface area contributed by atoms with E-state index in [9.17, 15) is 19.8 Å². The smallest absolute Gasteiger partial charge is 0.362 e. The van der Waals surface area contributed by atoms with E-state index in [1.54, 1.807) is 0 Å². The molecule has 0 aliphatic heterocycles. The van der Waals surface area contributed by atoms with Crippen molar-refractivity contribution in [3.63, 3.8) is 0 Å². The van der Waals surface area contributed by atoms with E-state index in [0.717, 1.165) is 18.9 Å². The Labute approximate surface area is 93.6 Å². The Bertz CT molecular complexity index is 283. The molecule has 0 aliphatic carbocycles. The molecular formula is C10H17NO5. The lowest BCUT2D eigenvalue weighted by Crippen LogP contribution is -2.48. The van der Waals surface area contributed by atoms with E-state index < -0.39 is 17.8 Å². The lowest BCUT2D eigenvalue weighted by Gasteiger charge is -2.25. The highest BCUT2D eigenvalue weighted by molar-refractivity contribution is 5.78. The predicted octanol–water partition coefficient (Wildman–Crippen LogP) is 0.283. The van der Waals surface area contributed by atoms with Gasteiger partial charge >= 0.3 is 5.97 Å². The summed E-state index contributed by atoms with van der Waals surface area (Å²) in [5, 5.41) is 27.8. The highest BCUT2D eigenvalue weighted by Crippen LogP contribution is 2.21. The standard InChI is InChI=1S/C10H17NO5/c1-3-4-7(2)5-8(13)10(16,9(14)15)11-6-12/h7-8,13,16H,3-5H2,1-2H3,(H,14,15). The van der Waals surface area contributed by atoms with E-state index in [1.807, 2.05) is 13.8 Å². The van der Waals surface area contributed by atoms with Crippen LogP contribution in [-0.4, -0.2) is 39.2 Å². The molecule has 0 aromatic rings. The fourth-order valence-corrected chi connectivity index (χ4v) is 1.49. The van der Waals surface area contributed by atoms with Gasteiger partial charge in [-0.15, -0.1) is 0 Å². The molecule has 0 saturated carbocycles. The zero-order valence-corrected chi connectivity index (χ0v) is 9.38. The fourth-order valence-electron chi connectivity index (χ4n) is 1.49. The van der Waals surface area contributed by atoms with Gasteiger partial charge in [-0.05, 0) is 12.3 Å². The van der Waals surface area contributed by atoms with Crippen LogP contribution in [0.5, 0.6) is 0 Å². The molecule has 3 N–H and O–H groups in total. The minimum atomic E-state index is -2.79. The van der Waals surface area contributed by atoms with Crippen molar-refractivity contribution >= 4 is 12.0 Å². The number of aliphatic hydroxyl groups excluding tert-OH is 1. The molecular weight excluding hydrogens is 214 g/mol. The summed E-state index contributed by atoms with van der Waals surface area (Å²) in [7, 11) is 0. The van der Waals surface area contributed by atoms with Gasteiger partial charge in [0.15, 0.2) is 0 Å². The van der Waals surface area contributed by atoms with E-state index >= 15 is 0 Å². The molecule has 6 heteroatoms. The highest BCUT2D eigenvalue weighted by Gasteiger charge is 2.44. The van der Waals surface area contributed by atoms with Crippen molar-refractivity contribution in [2.45, 2.75) is 44.9 Å². The molecule has 0 fully saturated rings. The van der Waals surface area contributed by atoms with E-state index in [4.69, 9.17) is 5.11 Å². The quantitative estimate of drug-likeness (QED) is 0.431. The van der Waals surface area contributed by atoms with Gasteiger partial charge in [0.05, 0.1) is 0 Å². The van der Waals surface area contributed by atoms with Crippen molar-refractivity contribution < 1.29 is 24.9 Å². The summed E-state index contributed by atoms with van der Waals surface area (Å²) >= 11 is 0. The Kier molecular flexibility index (Phi) is 5.88. The predicted molar refractivity (Wildman–Crippen MR) is 55.4 cm³/mol. The zero-order valence-electron chi connectivity index (χ0n) is 9.38. The van der Waals surface area contributed by atoms with Crippen LogP contribution >= 0.6 is 0 Å². The van der Waals surface area contributed by atoms with Gasteiger partial charge < -0.3 is 15.3 Å². The Balaban J connectivity index is 4.69. The van der Waals surface area contributed by atoms with E-state index in [2.05, 4.69) is 4.99 Å². The Morgan fingerprint density at radius 1 is 1.56 bits per heavy atom. The van der Waals surface area contributed by atoms with Crippen LogP contribution in [0.3, 0.4) is 0 Å². The maximum atomic E-state index is 10.7. The van der Waals surface area contributed by atoms with Gasteiger partial charge in [0.25, 0.3) is 5.72 Å². The highest BCUT2D eigenvalue weighted by atomic mass is 16.4. The van der Waals surface area contributed by atoms with Crippen LogP contribution in [0, 0.1) is 5.92 Å². The first-order chi connectivity index (χ1) is 7.38. The molecule has 0 aromatic heterocycles. The first-order valence-corrected chi connectivity index (χ1v) is 5.11. The second-order valence-corrected chi connectivity index (χ2v) is 3.88. The third kappa shape index (κ3) is 3.73. The molecule has 0 spiro atoms. The molecule has 3 atom stereocenters. The molecule has 3 unspecified atom stereocenters. The van der Waals surface area contributed by atoms with Crippen LogP contribution in [0.4, 0.5) is 0 Å². The summed E-state index contributed by atoms with van der Waals surface area (Å²) in [5.41, 5.74) is -2.79. The van der Waals surface area contributed by atoms with E-state index in [0.29, 0.717) is 0 Å². The van der Waals surface area contributed by atoms with Crippen LogP contribution in [-0.2, 0) is 9.59 Å². The largest absolute Gasteiger partial charge is 0.478 e. The molecule has 0 rings (SSSR count). The lowest BCUT2D eigenvalue weighted by atomic mass is 9.93. The Morgan fingerprint density at radius 2 is 2.12 bits per heavy atom. The maximum Gasteiger partial charge on any atom is 0.362 e. The summed E-state index contributed by atoms with van der Waals surface area (Å²) in [4.78, 5) is 23.5. The number of hydrogen-bond acceptors (Lipinski definition) is 5. The van der Waals surface area contributed by atoms with Crippen LogP contribution in [0.15, 0.2) is 4.99 Å². The minimum Gasteiger partial charge on any atom is -0.478 e. The average Bonchev–Trinajstić information content (AvgIpc) is 2.17. The third-order valence-corrected chi connectivity index (χ3v) is 2.40. The molecule has 0 aliphatic rings. The van der Waals surface area contributed by atoms with Crippen molar-refractivity contribution in [2.75, 3.05) is 0 Å². The topological polar surface area (TPSA) is 107 Å². The van der Waals surface area contributed by atoms with E-state index in [1.165, 1.54) is 0 Å². The maximum absolute atomic E-state index is 10.7. The molecule has 0 heterocycles. The number of hydrogen-bond donors (Lipinski definition) is 3. The Morgan fingerprint density at radius 3 is 2.50 bits per heavy atom. The average molecular weight is 231 g/mol.